The highest BCUT2D eigenvalue weighted by molar-refractivity contribution is 7.56. The van der Waals surface area contributed by atoms with E-state index in [-0.39, 0.29) is 17.6 Å². The van der Waals surface area contributed by atoms with Gasteiger partial charge in [-0.1, -0.05) is 114 Å². The number of benzene rings is 5. The average Bonchev–Trinajstić information content (AvgIpc) is 3.66. The number of carbonyl (C=O) groups excluding carboxylic acids is 1. The molecule has 0 spiro atoms. The molecule has 5 aromatic carbocycles. The van der Waals surface area contributed by atoms with Gasteiger partial charge >= 0.3 is 7.52 Å². The molecule has 4 aromatic heterocycles. The van der Waals surface area contributed by atoms with Crippen LogP contribution >= 0.6 is 7.52 Å². The Hall–Kier alpha value is -9.10. The maximum Gasteiger partial charge on any atom is 0.332 e. The minimum absolute atomic E-state index is 0. The second-order valence-corrected chi connectivity index (χ2v) is 21.7. The van der Waals surface area contributed by atoms with Gasteiger partial charge in [0.05, 0.1) is 12.1 Å². The van der Waals surface area contributed by atoms with Gasteiger partial charge in [-0.2, -0.15) is 0 Å². The van der Waals surface area contributed by atoms with Crippen LogP contribution in [0.2, 0.25) is 0 Å². The van der Waals surface area contributed by atoms with E-state index in [0.717, 1.165) is 46.1 Å². The van der Waals surface area contributed by atoms with Gasteiger partial charge in [-0.05, 0) is 212 Å². The Morgan fingerprint density at radius 2 is 0.988 bits per heavy atom. The zero-order valence-corrected chi connectivity index (χ0v) is 50.5. The third kappa shape index (κ3) is 24.2. The topological polar surface area (TPSA) is 270 Å². The molecule has 16 nitrogen and oxygen atoms in total. The van der Waals surface area contributed by atoms with Crippen molar-refractivity contribution in [3.63, 3.8) is 0 Å². The molecule has 4 atom stereocenters. The molecule has 0 amide bonds. The number of nitrogens with two attached hydrogens (primary N) is 1. The Kier molecular flexibility index (Phi) is 30.5. The zero-order valence-electron chi connectivity index (χ0n) is 49.7. The lowest BCUT2D eigenvalue weighted by atomic mass is 9.94. The Balaban J connectivity index is 0.000000270. The van der Waals surface area contributed by atoms with Crippen LogP contribution in [-0.4, -0.2) is 43.5 Å². The van der Waals surface area contributed by atoms with E-state index in [0.29, 0.717) is 18.6 Å². The van der Waals surface area contributed by atoms with Crippen LogP contribution < -0.4 is 10.3 Å². The fourth-order valence-electron chi connectivity index (χ4n) is 8.29. The predicted molar refractivity (Wildman–Crippen MR) is 339 cm³/mol. The van der Waals surface area contributed by atoms with E-state index in [1.165, 1.54) is 62.3 Å². The maximum atomic E-state index is 11.3. The average molecular weight is 1150 g/mol. The molecule has 0 aliphatic heterocycles. The lowest BCUT2D eigenvalue weighted by molar-refractivity contribution is 0.112. The molecule has 9 aromatic rings. The normalized spacial score (nSPS) is 11.7. The molecule has 17 heteroatoms. The van der Waals surface area contributed by atoms with Crippen molar-refractivity contribution in [1.29, 1.82) is 0 Å². The third-order valence-electron chi connectivity index (χ3n) is 13.6. The number of pyridine rings is 4. The van der Waals surface area contributed by atoms with Gasteiger partial charge in [-0.25, -0.2) is 0 Å². The van der Waals surface area contributed by atoms with E-state index in [4.69, 9.17) is 21.3 Å². The second-order valence-electron chi connectivity index (χ2n) is 19.7. The fourth-order valence-corrected chi connectivity index (χ4v) is 8.99. The molecule has 0 radical (unpaired) electrons. The van der Waals surface area contributed by atoms with E-state index in [2.05, 4.69) is 118 Å². The van der Waals surface area contributed by atoms with Crippen molar-refractivity contribution in [1.82, 2.24) is 19.9 Å². The summed E-state index contributed by atoms with van der Waals surface area (Å²) in [5.41, 5.74) is 41.4. The van der Waals surface area contributed by atoms with Gasteiger partial charge in [-0.3, -0.25) is 29.3 Å². The molecule has 0 aliphatic carbocycles. The van der Waals surface area contributed by atoms with Crippen LogP contribution in [0.25, 0.3) is 20.9 Å². The first-order valence-corrected chi connectivity index (χ1v) is 29.0. The van der Waals surface area contributed by atoms with E-state index < -0.39 is 13.6 Å². The number of hydrogen-bond acceptors (Lipinski definition) is 10. The van der Waals surface area contributed by atoms with Gasteiger partial charge in [0.25, 0.3) is 0 Å². The highest BCUT2D eigenvalue weighted by Crippen LogP contribution is 2.44. The first-order valence-electron chi connectivity index (χ1n) is 27.0. The molecule has 4 heterocycles. The second kappa shape index (κ2) is 37.1. The van der Waals surface area contributed by atoms with Crippen molar-refractivity contribution in [3.8, 4) is 5.75 Å². The molecule has 84 heavy (non-hydrogen) atoms. The highest BCUT2D eigenvalue weighted by Gasteiger charge is 2.16. The van der Waals surface area contributed by atoms with Crippen molar-refractivity contribution in [2.24, 2.45) is 15.7 Å². The number of hydrogen-bond donors (Lipinski definition) is 2. The summed E-state index contributed by atoms with van der Waals surface area (Å²) < 4.78 is 16.3. The Morgan fingerprint density at radius 3 is 1.44 bits per heavy atom. The molecule has 0 saturated heterocycles. The number of aliphatic hydroxyl groups is 1. The van der Waals surface area contributed by atoms with E-state index in [9.17, 15) is 14.5 Å². The molecule has 9 rings (SSSR count). The van der Waals surface area contributed by atoms with E-state index in [1.54, 1.807) is 67.5 Å². The molecule has 0 bridgehead atoms. The summed E-state index contributed by atoms with van der Waals surface area (Å²) in [6.07, 6.45) is 16.9. The highest BCUT2D eigenvalue weighted by atomic mass is 31.2. The van der Waals surface area contributed by atoms with Crippen LogP contribution in [0.5, 0.6) is 5.75 Å². The quantitative estimate of drug-likeness (QED) is 0.0344. The third-order valence-corrected chi connectivity index (χ3v) is 14.5. The van der Waals surface area contributed by atoms with Gasteiger partial charge in [0, 0.05) is 89.0 Å². The smallest absolute Gasteiger partial charge is 0.332 e. The number of aryl methyl sites for hydroxylation is 5. The van der Waals surface area contributed by atoms with Gasteiger partial charge in [0.2, 0.25) is 0 Å². The summed E-state index contributed by atoms with van der Waals surface area (Å²) in [6.45, 7) is 19.8. The van der Waals surface area contributed by atoms with Crippen molar-refractivity contribution in [2.45, 2.75) is 99.8 Å². The largest absolute Gasteiger partial charge is 0.439 e. The standard InChI is InChI=1S/C15H16N4.C15H18N2.C15H17NO.C9H10O.C7H8N3O2P.C6H7N.H2O/c1-11-5-3-7-14(12(11)2)15(18-19-16)9-13-6-4-8-17-10-13;1-11-5-3-7-14(12(11)2)15(16)9-13-6-4-8-17-10-13;1-11-5-3-7-14(12(11)2)15(17)9-13-6-4-8-16-10-13;1-7-4-3-5-9(6-10)8(7)2;1-13(11,10-9-8)12-7-5-3-2-4-6-7;1-6-2-4-7-5-3-6;/h3-8,10,15H,9H2,1-2H3;3-8,10,15H,9,16H2,1-2H3;3-8,10,15,17H,9H2,1-2H3;3-6H,1-2H3;2-6H,1H3;2-5H,1H3;1H2. The van der Waals surface area contributed by atoms with Crippen molar-refractivity contribution in [3.05, 3.63) is 311 Å². The molecule has 0 fully saturated rings. The van der Waals surface area contributed by atoms with Gasteiger partial charge in [0.15, 0.2) is 0 Å². The van der Waals surface area contributed by atoms with Gasteiger partial charge in [0.1, 0.15) is 12.0 Å². The summed E-state index contributed by atoms with van der Waals surface area (Å²) in [5, 5.41) is 14.2. The predicted octanol–water partition coefficient (Wildman–Crippen LogP) is 16.1. The minimum Gasteiger partial charge on any atom is -0.439 e. The lowest BCUT2D eigenvalue weighted by Crippen LogP contribution is -2.15. The first kappa shape index (κ1) is 69.2. The Bertz CT molecular complexity index is 3440. The molecular formula is C67H78N11O5P. The lowest BCUT2D eigenvalue weighted by Gasteiger charge is -2.16. The molecule has 4 unspecified atom stereocenters. The molecule has 0 aliphatic rings. The van der Waals surface area contributed by atoms with Crippen molar-refractivity contribution < 1.29 is 24.5 Å². The monoisotopic (exact) mass is 1150 g/mol. The minimum atomic E-state index is -3.21. The van der Waals surface area contributed by atoms with E-state index >= 15 is 0 Å². The molecular weight excluding hydrogens is 1070 g/mol. The fraction of sp³-hybridized carbons (Fsp3) is 0.239. The molecule has 0 saturated carbocycles. The van der Waals surface area contributed by atoms with Crippen molar-refractivity contribution in [2.75, 3.05) is 6.66 Å². The van der Waals surface area contributed by atoms with Crippen LogP contribution in [-0.2, 0) is 23.8 Å². The van der Waals surface area contributed by atoms with E-state index in [1.807, 2.05) is 118 Å². The van der Waals surface area contributed by atoms with Gasteiger partial charge in [-0.15, -0.1) is 0 Å². The maximum absolute atomic E-state index is 11.3. The summed E-state index contributed by atoms with van der Waals surface area (Å²) >= 11 is 0. The number of aliphatic hydroxyl groups excluding tert-OH is 1. The SMILES string of the molecule is CP(=O)(N=[N+]=[N-])Oc1ccccc1.Cc1cccc(C(Cc2cccnc2)N=[N+]=[N-])c1C.Cc1cccc(C(N)Cc2cccnc2)c1C.Cc1cccc(C(O)Cc2cccnc2)c1C.Cc1cccc(C=O)c1C.Cc1ccncc1.O. The summed E-state index contributed by atoms with van der Waals surface area (Å²) in [5.74, 6) is 0.431. The number of aldehydes is 1. The van der Waals surface area contributed by atoms with Crippen LogP contribution in [0.4, 0.5) is 0 Å². The zero-order chi connectivity index (χ0) is 60.6. The Labute approximate surface area is 495 Å². The number of para-hydroxylation sites is 1. The summed E-state index contributed by atoms with van der Waals surface area (Å²) in [7, 11) is -3.21. The van der Waals surface area contributed by atoms with Gasteiger partial charge < -0.3 is 20.8 Å². The number of rotatable bonds is 14. The summed E-state index contributed by atoms with van der Waals surface area (Å²) in [6, 6.07) is 48.3. The van der Waals surface area contributed by atoms with Crippen LogP contribution in [0.1, 0.15) is 112 Å². The van der Waals surface area contributed by atoms with Crippen LogP contribution in [0, 0.1) is 62.3 Å². The molecule has 436 valence electrons. The van der Waals surface area contributed by atoms with Crippen molar-refractivity contribution >= 4 is 13.8 Å². The van der Waals surface area contributed by atoms with Crippen LogP contribution in [0.15, 0.2) is 211 Å². The molecule has 5 N–H and O–H groups in total. The summed E-state index contributed by atoms with van der Waals surface area (Å²) in [4.78, 5) is 35.0. The Morgan fingerprint density at radius 1 is 0.536 bits per heavy atom. The number of aromatic nitrogens is 4. The first-order chi connectivity index (χ1) is 39.9. The number of azide groups is 2. The number of carbonyl (C=O) groups is 1. The number of nitrogens with zero attached hydrogens (tertiary/aromatic N) is 10. The van der Waals surface area contributed by atoms with Crippen LogP contribution in [0.3, 0.4) is 0 Å².